The summed E-state index contributed by atoms with van der Waals surface area (Å²) in [5.74, 6) is 0.784. The van der Waals surface area contributed by atoms with E-state index in [1.807, 2.05) is 18.3 Å². The Morgan fingerprint density at radius 2 is 1.52 bits per heavy atom. The van der Waals surface area contributed by atoms with Crippen molar-refractivity contribution in [2.45, 2.75) is 51.0 Å². The highest BCUT2D eigenvalue weighted by Crippen LogP contribution is 2.36. The number of hydrogen-bond acceptors (Lipinski definition) is 6. The molecule has 172 valence electrons. The van der Waals surface area contributed by atoms with Crippen LogP contribution in [0.5, 0.6) is 11.6 Å². The maximum Gasteiger partial charge on any atom is 0.573 e. The zero-order chi connectivity index (χ0) is 23.1. The minimum absolute atomic E-state index is 0.305. The van der Waals surface area contributed by atoms with E-state index in [0.717, 1.165) is 24.0 Å². The fourth-order valence-electron chi connectivity index (χ4n) is 3.78. The number of ether oxygens (including phenoxy) is 2. The minimum atomic E-state index is -4.72. The first kappa shape index (κ1) is 22.7. The van der Waals surface area contributed by atoms with Crippen LogP contribution in [0.2, 0.25) is 0 Å². The van der Waals surface area contributed by atoms with Gasteiger partial charge in [0.15, 0.2) is 0 Å². The van der Waals surface area contributed by atoms with Gasteiger partial charge in [-0.2, -0.15) is 10.2 Å². The Hall–Kier alpha value is -3.49. The molecule has 9 heteroatoms. The first-order valence-corrected chi connectivity index (χ1v) is 10.8. The summed E-state index contributed by atoms with van der Waals surface area (Å²) in [5.41, 5.74) is 3.06. The Balaban J connectivity index is 1.34. The highest BCUT2D eigenvalue weighted by atomic mass is 19.4. The SMILES string of the molecule is FC(F)(F)Oc1ccc(N=Nc2ccc(COc3ncncc3C3CCCCC3)cc2)cc1. The number of nitrogens with zero attached hydrogens (tertiary/aromatic N) is 4. The summed E-state index contributed by atoms with van der Waals surface area (Å²) >= 11 is 0. The quantitative estimate of drug-likeness (QED) is 0.347. The molecule has 0 bridgehead atoms. The number of benzene rings is 2. The third-order valence-electron chi connectivity index (χ3n) is 5.41. The molecule has 3 aromatic rings. The highest BCUT2D eigenvalue weighted by molar-refractivity contribution is 5.43. The molecule has 0 aliphatic heterocycles. The van der Waals surface area contributed by atoms with Crippen molar-refractivity contribution in [3.8, 4) is 11.6 Å². The molecule has 0 radical (unpaired) electrons. The molecule has 1 aliphatic rings. The lowest BCUT2D eigenvalue weighted by molar-refractivity contribution is -0.274. The molecule has 0 unspecified atom stereocenters. The fraction of sp³-hybridized carbons (Fsp3) is 0.333. The lowest BCUT2D eigenvalue weighted by Gasteiger charge is -2.23. The van der Waals surface area contributed by atoms with Crippen molar-refractivity contribution in [2.75, 3.05) is 0 Å². The average Bonchev–Trinajstić information content (AvgIpc) is 2.83. The van der Waals surface area contributed by atoms with Crippen molar-refractivity contribution in [1.29, 1.82) is 0 Å². The van der Waals surface area contributed by atoms with Gasteiger partial charge in [0.25, 0.3) is 0 Å². The van der Waals surface area contributed by atoms with Crippen molar-refractivity contribution >= 4 is 11.4 Å². The summed E-state index contributed by atoms with van der Waals surface area (Å²) in [7, 11) is 0. The maximum absolute atomic E-state index is 12.2. The third kappa shape index (κ3) is 6.74. The van der Waals surface area contributed by atoms with Crippen LogP contribution in [-0.2, 0) is 6.61 Å². The first-order chi connectivity index (χ1) is 16.0. The van der Waals surface area contributed by atoms with Crippen molar-refractivity contribution < 1.29 is 22.6 Å². The standard InChI is InChI=1S/C24H23F3N4O2/c25-24(26,27)33-21-12-10-20(11-13-21)31-30-19-8-6-17(7-9-19)15-32-23-22(14-28-16-29-23)18-4-2-1-3-5-18/h6-14,16,18H,1-5,15H2. The summed E-state index contributed by atoms with van der Waals surface area (Å²) in [6, 6.07) is 12.5. The third-order valence-corrected chi connectivity index (χ3v) is 5.41. The normalized spacial score (nSPS) is 15.0. The van der Waals surface area contributed by atoms with Crippen molar-refractivity contribution in [3.63, 3.8) is 0 Å². The van der Waals surface area contributed by atoms with Crippen LogP contribution in [0.3, 0.4) is 0 Å². The molecule has 0 spiro atoms. The smallest absolute Gasteiger partial charge is 0.473 e. The Morgan fingerprint density at radius 3 is 2.15 bits per heavy atom. The number of halogens is 3. The van der Waals surface area contributed by atoms with Gasteiger partial charge in [-0.05, 0) is 60.7 Å². The number of alkyl halides is 3. The van der Waals surface area contributed by atoms with E-state index in [-0.39, 0.29) is 5.75 Å². The van der Waals surface area contributed by atoms with E-state index in [0.29, 0.717) is 29.8 Å². The van der Waals surface area contributed by atoms with Crippen LogP contribution < -0.4 is 9.47 Å². The van der Waals surface area contributed by atoms with Crippen LogP contribution in [0.25, 0.3) is 0 Å². The first-order valence-electron chi connectivity index (χ1n) is 10.8. The van der Waals surface area contributed by atoms with E-state index in [1.54, 1.807) is 12.1 Å². The summed E-state index contributed by atoms with van der Waals surface area (Å²) in [6.45, 7) is 0.370. The molecular formula is C24H23F3N4O2. The molecule has 0 saturated heterocycles. The Morgan fingerprint density at radius 1 is 0.879 bits per heavy atom. The predicted octanol–water partition coefficient (Wildman–Crippen LogP) is 7.42. The van der Waals surface area contributed by atoms with E-state index < -0.39 is 6.36 Å². The van der Waals surface area contributed by atoms with Crippen LogP contribution in [-0.4, -0.2) is 16.3 Å². The number of aromatic nitrogens is 2. The second-order valence-corrected chi connectivity index (χ2v) is 7.81. The van der Waals surface area contributed by atoms with Gasteiger partial charge in [0.1, 0.15) is 18.7 Å². The molecule has 1 aromatic heterocycles. The summed E-state index contributed by atoms with van der Waals surface area (Å²) in [5, 5.41) is 8.16. The zero-order valence-electron chi connectivity index (χ0n) is 17.8. The molecule has 33 heavy (non-hydrogen) atoms. The predicted molar refractivity (Wildman–Crippen MR) is 116 cm³/mol. The van der Waals surface area contributed by atoms with Crippen LogP contribution in [0.4, 0.5) is 24.5 Å². The molecule has 1 heterocycles. The van der Waals surface area contributed by atoms with Crippen molar-refractivity contribution in [2.24, 2.45) is 10.2 Å². The highest BCUT2D eigenvalue weighted by Gasteiger charge is 2.30. The average molecular weight is 456 g/mol. The van der Waals surface area contributed by atoms with Crippen LogP contribution in [0.15, 0.2) is 71.3 Å². The van der Waals surface area contributed by atoms with Crippen LogP contribution in [0, 0.1) is 0 Å². The van der Waals surface area contributed by atoms with Gasteiger partial charge < -0.3 is 9.47 Å². The second-order valence-electron chi connectivity index (χ2n) is 7.81. The molecule has 0 atom stereocenters. The van der Waals surface area contributed by atoms with Gasteiger partial charge in [0.05, 0.1) is 11.4 Å². The van der Waals surface area contributed by atoms with Gasteiger partial charge in [-0.1, -0.05) is 31.4 Å². The van der Waals surface area contributed by atoms with E-state index in [1.165, 1.54) is 49.9 Å². The summed E-state index contributed by atoms with van der Waals surface area (Å²) in [4.78, 5) is 8.52. The molecule has 0 N–H and O–H groups in total. The van der Waals surface area contributed by atoms with Crippen molar-refractivity contribution in [3.05, 3.63) is 72.2 Å². The van der Waals surface area contributed by atoms with Gasteiger partial charge in [-0.25, -0.2) is 9.97 Å². The monoisotopic (exact) mass is 456 g/mol. The van der Waals surface area contributed by atoms with Gasteiger partial charge >= 0.3 is 6.36 Å². The van der Waals surface area contributed by atoms with E-state index in [9.17, 15) is 13.2 Å². The van der Waals surface area contributed by atoms with E-state index in [2.05, 4.69) is 24.9 Å². The summed E-state index contributed by atoms with van der Waals surface area (Å²) in [6.07, 6.45) is 4.65. The molecule has 1 fully saturated rings. The largest absolute Gasteiger partial charge is 0.573 e. The van der Waals surface area contributed by atoms with Crippen LogP contribution >= 0.6 is 0 Å². The van der Waals surface area contributed by atoms with E-state index in [4.69, 9.17) is 4.74 Å². The minimum Gasteiger partial charge on any atom is -0.473 e. The molecular weight excluding hydrogens is 433 g/mol. The van der Waals surface area contributed by atoms with E-state index >= 15 is 0 Å². The topological polar surface area (TPSA) is 69.0 Å². The number of hydrogen-bond donors (Lipinski definition) is 0. The lowest BCUT2D eigenvalue weighted by atomic mass is 9.85. The second kappa shape index (κ2) is 10.4. The zero-order valence-corrected chi connectivity index (χ0v) is 17.8. The van der Waals surface area contributed by atoms with Crippen LogP contribution in [0.1, 0.15) is 49.1 Å². The van der Waals surface area contributed by atoms with Gasteiger partial charge in [-0.15, -0.1) is 13.2 Å². The van der Waals surface area contributed by atoms with Crippen molar-refractivity contribution in [1.82, 2.24) is 9.97 Å². The molecule has 1 saturated carbocycles. The number of rotatable bonds is 7. The summed E-state index contributed by atoms with van der Waals surface area (Å²) < 4.78 is 46.5. The Labute approximate surface area is 189 Å². The Bertz CT molecular complexity index is 1060. The van der Waals surface area contributed by atoms with Gasteiger partial charge in [0, 0.05) is 11.8 Å². The lowest BCUT2D eigenvalue weighted by Crippen LogP contribution is -2.16. The molecule has 6 nitrogen and oxygen atoms in total. The number of azo groups is 1. The maximum atomic E-state index is 12.2. The molecule has 2 aromatic carbocycles. The van der Waals surface area contributed by atoms with Gasteiger partial charge in [-0.3, -0.25) is 0 Å². The molecule has 0 amide bonds. The Kier molecular flexibility index (Phi) is 7.16. The molecule has 1 aliphatic carbocycles. The fourth-order valence-corrected chi connectivity index (χ4v) is 3.78. The molecule has 4 rings (SSSR count). The van der Waals surface area contributed by atoms with Gasteiger partial charge in [0.2, 0.25) is 5.88 Å².